The lowest BCUT2D eigenvalue weighted by atomic mass is 10.1. The van der Waals surface area contributed by atoms with Gasteiger partial charge in [0, 0.05) is 18.9 Å². The Kier molecular flexibility index (Phi) is 1.78. The van der Waals surface area contributed by atoms with Crippen LogP contribution in [0, 0.1) is 18.3 Å². The van der Waals surface area contributed by atoms with Crippen molar-refractivity contribution in [1.82, 2.24) is 4.90 Å². The average Bonchev–Trinajstić information content (AvgIpc) is 2.86. The van der Waals surface area contributed by atoms with E-state index in [9.17, 15) is 9.59 Å². The SMILES string of the molecule is C#CC1CC(=O)N(C2(C(=O)O)CC2)C1. The number of aliphatic carboxylic acids is 1. The molecule has 0 bridgehead atoms. The van der Waals surface area contributed by atoms with Gasteiger partial charge in [-0.3, -0.25) is 4.79 Å². The Morgan fingerprint density at radius 3 is 2.64 bits per heavy atom. The van der Waals surface area contributed by atoms with Crippen molar-refractivity contribution in [2.24, 2.45) is 5.92 Å². The zero-order valence-electron chi connectivity index (χ0n) is 7.69. The smallest absolute Gasteiger partial charge is 0.329 e. The van der Waals surface area contributed by atoms with Crippen LogP contribution in [0.2, 0.25) is 0 Å². The minimum Gasteiger partial charge on any atom is -0.479 e. The lowest BCUT2D eigenvalue weighted by Crippen LogP contribution is -2.44. The number of likely N-dealkylation sites (tertiary alicyclic amines) is 1. The Morgan fingerprint density at radius 1 is 1.64 bits per heavy atom. The van der Waals surface area contributed by atoms with Crippen LogP contribution in [0.15, 0.2) is 0 Å². The summed E-state index contributed by atoms with van der Waals surface area (Å²) in [4.78, 5) is 23.9. The van der Waals surface area contributed by atoms with Gasteiger partial charge in [0.25, 0.3) is 0 Å². The highest BCUT2D eigenvalue weighted by molar-refractivity contribution is 5.91. The van der Waals surface area contributed by atoms with Gasteiger partial charge < -0.3 is 10.0 Å². The Labute approximate surface area is 81.9 Å². The Hall–Kier alpha value is -1.50. The van der Waals surface area contributed by atoms with Crippen LogP contribution in [0.3, 0.4) is 0 Å². The van der Waals surface area contributed by atoms with Crippen LogP contribution >= 0.6 is 0 Å². The number of hydrogen-bond acceptors (Lipinski definition) is 2. The molecule has 1 saturated carbocycles. The van der Waals surface area contributed by atoms with Gasteiger partial charge in [-0.05, 0) is 12.8 Å². The number of carbonyl (C=O) groups is 2. The van der Waals surface area contributed by atoms with Crippen LogP contribution < -0.4 is 0 Å². The van der Waals surface area contributed by atoms with Gasteiger partial charge in [-0.15, -0.1) is 12.3 Å². The summed E-state index contributed by atoms with van der Waals surface area (Å²) in [7, 11) is 0. The molecule has 1 aliphatic heterocycles. The molecule has 0 aromatic heterocycles. The first-order chi connectivity index (χ1) is 6.60. The molecule has 1 aliphatic carbocycles. The van der Waals surface area contributed by atoms with E-state index in [2.05, 4.69) is 5.92 Å². The monoisotopic (exact) mass is 193 g/mol. The molecule has 2 rings (SSSR count). The first-order valence-corrected chi connectivity index (χ1v) is 4.60. The van der Waals surface area contributed by atoms with Crippen molar-refractivity contribution in [2.75, 3.05) is 6.54 Å². The highest BCUT2D eigenvalue weighted by atomic mass is 16.4. The summed E-state index contributed by atoms with van der Waals surface area (Å²) in [5, 5.41) is 9.00. The van der Waals surface area contributed by atoms with Crippen molar-refractivity contribution in [1.29, 1.82) is 0 Å². The van der Waals surface area contributed by atoms with Crippen molar-refractivity contribution < 1.29 is 14.7 Å². The van der Waals surface area contributed by atoms with Gasteiger partial charge in [-0.2, -0.15) is 0 Å². The van der Waals surface area contributed by atoms with Crippen molar-refractivity contribution in [2.45, 2.75) is 24.8 Å². The standard InChI is InChI=1S/C10H11NO3/c1-2-7-5-8(12)11(6-7)10(3-4-10)9(13)14/h1,7H,3-6H2,(H,13,14). The molecule has 2 aliphatic rings. The quantitative estimate of drug-likeness (QED) is 0.632. The molecule has 1 atom stereocenters. The average molecular weight is 193 g/mol. The molecule has 4 nitrogen and oxygen atoms in total. The molecule has 0 radical (unpaired) electrons. The van der Waals surface area contributed by atoms with Gasteiger partial charge in [-0.25, -0.2) is 4.79 Å². The third-order valence-corrected chi connectivity index (χ3v) is 3.00. The van der Waals surface area contributed by atoms with Gasteiger partial charge >= 0.3 is 5.97 Å². The fourth-order valence-electron chi connectivity index (χ4n) is 1.95. The number of rotatable bonds is 2. The number of nitrogens with zero attached hydrogens (tertiary/aromatic N) is 1. The van der Waals surface area contributed by atoms with Gasteiger partial charge in [0.1, 0.15) is 5.54 Å². The molecule has 74 valence electrons. The minimum absolute atomic E-state index is 0.112. The summed E-state index contributed by atoms with van der Waals surface area (Å²) in [6.45, 7) is 0.404. The maximum Gasteiger partial charge on any atom is 0.329 e. The molecule has 2 fully saturated rings. The number of terminal acetylenes is 1. The van der Waals surface area contributed by atoms with E-state index in [0.717, 1.165) is 0 Å². The molecule has 1 unspecified atom stereocenters. The highest BCUT2D eigenvalue weighted by Crippen LogP contribution is 2.44. The second kappa shape index (κ2) is 2.74. The van der Waals surface area contributed by atoms with Crippen LogP contribution in [0.4, 0.5) is 0 Å². The Morgan fingerprint density at radius 2 is 2.29 bits per heavy atom. The van der Waals surface area contributed by atoms with E-state index in [1.54, 1.807) is 0 Å². The van der Waals surface area contributed by atoms with Crippen molar-refractivity contribution >= 4 is 11.9 Å². The topological polar surface area (TPSA) is 57.6 Å². The van der Waals surface area contributed by atoms with E-state index in [4.69, 9.17) is 11.5 Å². The van der Waals surface area contributed by atoms with E-state index < -0.39 is 11.5 Å². The fourth-order valence-corrected chi connectivity index (χ4v) is 1.95. The number of carboxylic acid groups (broad SMARTS) is 1. The maximum atomic E-state index is 11.5. The van der Waals surface area contributed by atoms with Crippen molar-refractivity contribution in [3.8, 4) is 12.3 Å². The predicted octanol–water partition coefficient (Wildman–Crippen LogP) is 0.0853. The lowest BCUT2D eigenvalue weighted by molar-refractivity contribution is -0.150. The van der Waals surface area contributed by atoms with Crippen molar-refractivity contribution in [3.05, 3.63) is 0 Å². The first-order valence-electron chi connectivity index (χ1n) is 4.60. The Balaban J connectivity index is 2.18. The molecule has 0 spiro atoms. The second-order valence-electron chi connectivity index (χ2n) is 3.91. The van der Waals surface area contributed by atoms with E-state index in [-0.39, 0.29) is 11.8 Å². The maximum absolute atomic E-state index is 11.5. The number of carbonyl (C=O) groups excluding carboxylic acids is 1. The molecule has 1 amide bonds. The third-order valence-electron chi connectivity index (χ3n) is 3.00. The summed E-state index contributed by atoms with van der Waals surface area (Å²) in [5.41, 5.74) is -0.914. The zero-order chi connectivity index (χ0) is 10.3. The normalized spacial score (nSPS) is 28.6. The molecular formula is C10H11NO3. The Bertz CT molecular complexity index is 338. The highest BCUT2D eigenvalue weighted by Gasteiger charge is 2.58. The molecule has 1 heterocycles. The molecule has 0 aromatic rings. The van der Waals surface area contributed by atoms with Crippen LogP contribution in [0.25, 0.3) is 0 Å². The van der Waals surface area contributed by atoms with Gasteiger partial charge in [0.2, 0.25) is 5.91 Å². The summed E-state index contributed by atoms with van der Waals surface area (Å²) >= 11 is 0. The second-order valence-corrected chi connectivity index (χ2v) is 3.91. The minimum atomic E-state index is -0.914. The van der Waals surface area contributed by atoms with E-state index in [0.29, 0.717) is 25.8 Å². The first kappa shape index (κ1) is 9.07. The summed E-state index contributed by atoms with van der Waals surface area (Å²) < 4.78 is 0. The predicted molar refractivity (Wildman–Crippen MR) is 48.3 cm³/mol. The van der Waals surface area contributed by atoms with Gasteiger partial charge in [-0.1, -0.05) is 0 Å². The molecule has 0 aromatic carbocycles. The molecule has 1 N–H and O–H groups in total. The number of hydrogen-bond donors (Lipinski definition) is 1. The summed E-state index contributed by atoms with van der Waals surface area (Å²) in [5.74, 6) is 1.38. The summed E-state index contributed by atoms with van der Waals surface area (Å²) in [6, 6.07) is 0. The molecular weight excluding hydrogens is 182 g/mol. The fraction of sp³-hybridized carbons (Fsp3) is 0.600. The van der Waals surface area contributed by atoms with Crippen LogP contribution in [0.1, 0.15) is 19.3 Å². The van der Waals surface area contributed by atoms with Crippen LogP contribution in [0.5, 0.6) is 0 Å². The van der Waals surface area contributed by atoms with Crippen LogP contribution in [-0.2, 0) is 9.59 Å². The van der Waals surface area contributed by atoms with Crippen LogP contribution in [-0.4, -0.2) is 34.0 Å². The lowest BCUT2D eigenvalue weighted by Gasteiger charge is -2.23. The van der Waals surface area contributed by atoms with Gasteiger partial charge in [0.15, 0.2) is 0 Å². The van der Waals surface area contributed by atoms with Gasteiger partial charge in [0.05, 0.1) is 0 Å². The van der Waals surface area contributed by atoms with E-state index >= 15 is 0 Å². The summed E-state index contributed by atoms with van der Waals surface area (Å²) in [6.07, 6.45) is 6.64. The van der Waals surface area contributed by atoms with E-state index in [1.165, 1.54) is 4.90 Å². The largest absolute Gasteiger partial charge is 0.479 e. The molecule has 1 saturated heterocycles. The van der Waals surface area contributed by atoms with Crippen molar-refractivity contribution in [3.63, 3.8) is 0 Å². The zero-order valence-corrected chi connectivity index (χ0v) is 7.69. The molecule has 4 heteroatoms. The van der Waals surface area contributed by atoms with E-state index in [1.807, 2.05) is 0 Å². The number of amides is 1. The third kappa shape index (κ3) is 1.09. The number of carboxylic acids is 1. The molecule has 14 heavy (non-hydrogen) atoms.